The van der Waals surface area contributed by atoms with Gasteiger partial charge in [-0.05, 0) is 48.4 Å². The summed E-state index contributed by atoms with van der Waals surface area (Å²) in [4.78, 5) is 15.1. The smallest absolute Gasteiger partial charge is 0.254 e. The molecule has 0 aromatic heterocycles. The summed E-state index contributed by atoms with van der Waals surface area (Å²) >= 11 is 0. The first-order chi connectivity index (χ1) is 13.7. The standard InChI is InChI=1S/C24H29NO3/c1-27-23-15-20(11-12-22(23)28-17-18-7-3-2-4-8-18)24(26)25-14-13-19-9-5-6-10-21(19)16-25/h2-4,7-8,11-12,15,19,21H,5-6,9-10,13-14,16-17H2,1H3/t19-,21+/m1/s1. The topological polar surface area (TPSA) is 38.8 Å². The predicted molar refractivity (Wildman–Crippen MR) is 110 cm³/mol. The maximum atomic E-state index is 13.1. The first-order valence-corrected chi connectivity index (χ1v) is 10.4. The molecule has 2 aliphatic rings. The van der Waals surface area contributed by atoms with Crippen molar-refractivity contribution >= 4 is 5.91 Å². The van der Waals surface area contributed by atoms with E-state index in [1.807, 2.05) is 53.4 Å². The molecule has 0 radical (unpaired) electrons. The van der Waals surface area contributed by atoms with Crippen molar-refractivity contribution in [2.75, 3.05) is 20.2 Å². The highest BCUT2D eigenvalue weighted by Crippen LogP contribution is 2.37. The van der Waals surface area contributed by atoms with Crippen molar-refractivity contribution in [2.45, 2.75) is 38.7 Å². The lowest BCUT2D eigenvalue weighted by Gasteiger charge is -2.41. The molecule has 28 heavy (non-hydrogen) atoms. The van der Waals surface area contributed by atoms with Crippen LogP contribution in [0.4, 0.5) is 0 Å². The number of nitrogens with zero attached hydrogens (tertiary/aromatic N) is 1. The van der Waals surface area contributed by atoms with Crippen LogP contribution in [0, 0.1) is 11.8 Å². The van der Waals surface area contributed by atoms with E-state index >= 15 is 0 Å². The highest BCUT2D eigenvalue weighted by Gasteiger charge is 2.33. The van der Waals surface area contributed by atoms with Crippen LogP contribution in [0.25, 0.3) is 0 Å². The first kappa shape index (κ1) is 18.9. The van der Waals surface area contributed by atoms with E-state index in [1.54, 1.807) is 7.11 Å². The van der Waals surface area contributed by atoms with Gasteiger partial charge in [0.2, 0.25) is 0 Å². The fourth-order valence-corrected chi connectivity index (χ4v) is 4.62. The third-order valence-electron chi connectivity index (χ3n) is 6.23. The minimum absolute atomic E-state index is 0.108. The van der Waals surface area contributed by atoms with Crippen molar-refractivity contribution in [1.82, 2.24) is 4.90 Å². The fourth-order valence-electron chi connectivity index (χ4n) is 4.62. The van der Waals surface area contributed by atoms with Crippen LogP contribution in [0.1, 0.15) is 48.0 Å². The molecule has 2 atom stereocenters. The lowest BCUT2D eigenvalue weighted by Crippen LogP contribution is -2.44. The number of rotatable bonds is 5. The summed E-state index contributed by atoms with van der Waals surface area (Å²) in [6, 6.07) is 15.6. The minimum Gasteiger partial charge on any atom is -0.493 e. The maximum Gasteiger partial charge on any atom is 0.254 e. The molecule has 1 amide bonds. The quantitative estimate of drug-likeness (QED) is 0.740. The molecule has 0 spiro atoms. The van der Waals surface area contributed by atoms with Crippen molar-refractivity contribution in [2.24, 2.45) is 11.8 Å². The Morgan fingerprint density at radius 1 is 1.00 bits per heavy atom. The number of hydrogen-bond acceptors (Lipinski definition) is 3. The van der Waals surface area contributed by atoms with E-state index in [0.717, 1.165) is 31.0 Å². The molecule has 1 saturated carbocycles. The van der Waals surface area contributed by atoms with E-state index in [9.17, 15) is 4.79 Å². The average Bonchev–Trinajstić information content (AvgIpc) is 2.77. The molecule has 1 aliphatic carbocycles. The molecule has 0 N–H and O–H groups in total. The van der Waals surface area contributed by atoms with E-state index in [2.05, 4.69) is 0 Å². The van der Waals surface area contributed by atoms with Gasteiger partial charge in [0, 0.05) is 18.7 Å². The Bertz CT molecular complexity index is 805. The van der Waals surface area contributed by atoms with Gasteiger partial charge >= 0.3 is 0 Å². The summed E-state index contributed by atoms with van der Waals surface area (Å²) in [5, 5.41) is 0. The summed E-state index contributed by atoms with van der Waals surface area (Å²) < 4.78 is 11.4. The van der Waals surface area contributed by atoms with Gasteiger partial charge in [-0.3, -0.25) is 4.79 Å². The Morgan fingerprint density at radius 3 is 2.57 bits per heavy atom. The van der Waals surface area contributed by atoms with Crippen LogP contribution in [-0.4, -0.2) is 31.0 Å². The average molecular weight is 380 g/mol. The van der Waals surface area contributed by atoms with Crippen LogP contribution < -0.4 is 9.47 Å². The Kier molecular flexibility index (Phi) is 5.84. The Hall–Kier alpha value is -2.49. The lowest BCUT2D eigenvalue weighted by molar-refractivity contribution is 0.0520. The molecule has 4 heteroatoms. The summed E-state index contributed by atoms with van der Waals surface area (Å²) in [5.41, 5.74) is 1.78. The third-order valence-corrected chi connectivity index (χ3v) is 6.23. The van der Waals surface area contributed by atoms with Crippen molar-refractivity contribution in [3.05, 3.63) is 59.7 Å². The Balaban J connectivity index is 1.43. The van der Waals surface area contributed by atoms with Gasteiger partial charge in [0.15, 0.2) is 11.5 Å². The van der Waals surface area contributed by atoms with E-state index in [-0.39, 0.29) is 5.91 Å². The number of benzene rings is 2. The van der Waals surface area contributed by atoms with E-state index in [0.29, 0.717) is 29.6 Å². The fraction of sp³-hybridized carbons (Fsp3) is 0.458. The second-order valence-corrected chi connectivity index (χ2v) is 7.98. The molecule has 1 aliphatic heterocycles. The van der Waals surface area contributed by atoms with E-state index < -0.39 is 0 Å². The number of hydrogen-bond donors (Lipinski definition) is 0. The number of ether oxygens (including phenoxy) is 2. The first-order valence-electron chi connectivity index (χ1n) is 10.4. The van der Waals surface area contributed by atoms with Gasteiger partial charge in [-0.25, -0.2) is 0 Å². The van der Waals surface area contributed by atoms with E-state index in [1.165, 1.54) is 25.7 Å². The number of likely N-dealkylation sites (tertiary alicyclic amines) is 1. The molecular weight excluding hydrogens is 350 g/mol. The predicted octanol–water partition coefficient (Wildman–Crippen LogP) is 4.93. The monoisotopic (exact) mass is 379 g/mol. The zero-order valence-electron chi connectivity index (χ0n) is 16.6. The van der Waals surface area contributed by atoms with Gasteiger partial charge in [-0.15, -0.1) is 0 Å². The van der Waals surface area contributed by atoms with Gasteiger partial charge in [0.05, 0.1) is 7.11 Å². The SMILES string of the molecule is COc1cc(C(=O)N2CC[C@H]3CCCC[C@H]3C2)ccc1OCc1ccccc1. The van der Waals surface area contributed by atoms with Gasteiger partial charge in [0.1, 0.15) is 6.61 Å². The molecule has 148 valence electrons. The van der Waals surface area contributed by atoms with Crippen LogP contribution in [-0.2, 0) is 6.61 Å². The number of amides is 1. The van der Waals surface area contributed by atoms with Gasteiger partial charge in [-0.2, -0.15) is 0 Å². The normalized spacial score (nSPS) is 21.7. The highest BCUT2D eigenvalue weighted by molar-refractivity contribution is 5.95. The number of piperidine rings is 1. The molecule has 4 rings (SSSR count). The maximum absolute atomic E-state index is 13.1. The molecule has 2 fully saturated rings. The van der Waals surface area contributed by atoms with Crippen molar-refractivity contribution < 1.29 is 14.3 Å². The van der Waals surface area contributed by atoms with E-state index in [4.69, 9.17) is 9.47 Å². The molecule has 2 aromatic rings. The molecule has 2 aromatic carbocycles. The number of carbonyl (C=O) groups excluding carboxylic acids is 1. The largest absolute Gasteiger partial charge is 0.493 e. The lowest BCUT2D eigenvalue weighted by atomic mass is 9.75. The Morgan fingerprint density at radius 2 is 1.79 bits per heavy atom. The Labute approximate surface area is 167 Å². The van der Waals surface area contributed by atoms with Crippen LogP contribution in [0.2, 0.25) is 0 Å². The molecule has 0 unspecified atom stereocenters. The van der Waals surface area contributed by atoms with Crippen molar-refractivity contribution in [3.8, 4) is 11.5 Å². The molecule has 4 nitrogen and oxygen atoms in total. The second kappa shape index (κ2) is 8.68. The van der Waals surface area contributed by atoms with Gasteiger partial charge in [-0.1, -0.05) is 49.6 Å². The van der Waals surface area contributed by atoms with Crippen LogP contribution >= 0.6 is 0 Å². The molecule has 0 bridgehead atoms. The van der Waals surface area contributed by atoms with Crippen molar-refractivity contribution in [1.29, 1.82) is 0 Å². The van der Waals surface area contributed by atoms with Gasteiger partial charge in [0.25, 0.3) is 5.91 Å². The third kappa shape index (κ3) is 4.16. The van der Waals surface area contributed by atoms with Crippen LogP contribution in [0.15, 0.2) is 48.5 Å². The summed E-state index contributed by atoms with van der Waals surface area (Å²) in [6.45, 7) is 2.24. The number of fused-ring (bicyclic) bond motifs is 1. The number of carbonyl (C=O) groups is 1. The molecule has 1 heterocycles. The summed E-state index contributed by atoms with van der Waals surface area (Å²) in [6.07, 6.45) is 6.42. The molecule has 1 saturated heterocycles. The number of methoxy groups -OCH3 is 1. The second-order valence-electron chi connectivity index (χ2n) is 7.98. The molecular formula is C24H29NO3. The van der Waals surface area contributed by atoms with Crippen LogP contribution in [0.3, 0.4) is 0 Å². The summed E-state index contributed by atoms with van der Waals surface area (Å²) in [5.74, 6) is 2.88. The van der Waals surface area contributed by atoms with Crippen LogP contribution in [0.5, 0.6) is 11.5 Å². The zero-order chi connectivity index (χ0) is 19.3. The highest BCUT2D eigenvalue weighted by atomic mass is 16.5. The van der Waals surface area contributed by atoms with Gasteiger partial charge < -0.3 is 14.4 Å². The zero-order valence-corrected chi connectivity index (χ0v) is 16.6. The van der Waals surface area contributed by atoms with Crippen molar-refractivity contribution in [3.63, 3.8) is 0 Å². The summed E-state index contributed by atoms with van der Waals surface area (Å²) in [7, 11) is 1.62. The minimum atomic E-state index is 0.108.